The minimum absolute atomic E-state index is 0.120. The molecule has 1 heterocycles. The Bertz CT molecular complexity index is 592. The molecule has 5 heteroatoms. The number of amides is 1. The molecule has 0 fully saturated rings. The van der Waals surface area contributed by atoms with Gasteiger partial charge in [0.15, 0.2) is 5.22 Å². The molecule has 0 radical (unpaired) electrons. The average Bonchev–Trinajstić information content (AvgIpc) is 2.65. The molecule has 4 nitrogen and oxygen atoms in total. The van der Waals surface area contributed by atoms with E-state index in [9.17, 15) is 4.79 Å². The zero-order valence-electron chi connectivity index (χ0n) is 10.9. The maximum absolute atomic E-state index is 11.4. The number of nitrogens with two attached hydrogens (primary N) is 1. The second kappa shape index (κ2) is 5.63. The molecule has 0 aliphatic heterocycles. The Labute approximate surface area is 116 Å². The third-order valence-electron chi connectivity index (χ3n) is 3.12. The fourth-order valence-electron chi connectivity index (χ4n) is 2.11. The molecule has 1 aromatic carbocycles. The highest BCUT2D eigenvalue weighted by molar-refractivity contribution is 6.30. The van der Waals surface area contributed by atoms with Gasteiger partial charge in [-0.3, -0.25) is 4.79 Å². The van der Waals surface area contributed by atoms with E-state index in [4.69, 9.17) is 21.8 Å². The van der Waals surface area contributed by atoms with Crippen molar-refractivity contribution in [3.8, 4) is 0 Å². The average molecular weight is 281 g/mol. The van der Waals surface area contributed by atoms with Crippen molar-refractivity contribution < 1.29 is 9.21 Å². The number of rotatable bonds is 5. The number of carbonyl (C=O) groups is 1. The number of halogens is 1. The monoisotopic (exact) mass is 280 g/mol. The molecule has 0 saturated heterocycles. The second-order valence-electron chi connectivity index (χ2n) is 4.86. The molecule has 0 aliphatic carbocycles. The lowest BCUT2D eigenvalue weighted by atomic mass is 10.0. The Morgan fingerprint density at radius 2 is 2.11 bits per heavy atom. The minimum atomic E-state index is -0.385. The van der Waals surface area contributed by atoms with Crippen LogP contribution in [0.4, 0.5) is 0 Å². The minimum Gasteiger partial charge on any atom is -0.444 e. The summed E-state index contributed by atoms with van der Waals surface area (Å²) in [5.74, 6) is -0.242. The van der Waals surface area contributed by atoms with E-state index in [0.29, 0.717) is 11.8 Å². The summed E-state index contributed by atoms with van der Waals surface area (Å²) in [6.07, 6.45) is 0. The van der Waals surface area contributed by atoms with Gasteiger partial charge in [-0.1, -0.05) is 32.0 Å². The molecule has 2 aromatic rings. The number of hydrogen-bond donors (Lipinski definition) is 2. The van der Waals surface area contributed by atoms with Crippen LogP contribution in [0.3, 0.4) is 0 Å². The summed E-state index contributed by atoms with van der Waals surface area (Å²) in [6.45, 7) is 4.33. The van der Waals surface area contributed by atoms with Gasteiger partial charge < -0.3 is 15.5 Å². The van der Waals surface area contributed by atoms with Gasteiger partial charge in [0.25, 0.3) is 0 Å². The number of furan rings is 1. The lowest BCUT2D eigenvalue weighted by Gasteiger charge is -2.18. The van der Waals surface area contributed by atoms with Gasteiger partial charge in [0.1, 0.15) is 5.58 Å². The summed E-state index contributed by atoms with van der Waals surface area (Å²) < 4.78 is 5.46. The normalized spacial score (nSPS) is 13.1. The van der Waals surface area contributed by atoms with Gasteiger partial charge >= 0.3 is 0 Å². The van der Waals surface area contributed by atoms with Crippen LogP contribution in [-0.2, 0) is 11.3 Å². The number of fused-ring (bicyclic) bond motifs is 1. The van der Waals surface area contributed by atoms with E-state index >= 15 is 0 Å². The summed E-state index contributed by atoms with van der Waals surface area (Å²) in [5, 5.41) is 4.43. The first-order chi connectivity index (χ1) is 9.00. The van der Waals surface area contributed by atoms with Crippen LogP contribution in [0, 0.1) is 5.92 Å². The van der Waals surface area contributed by atoms with Crippen LogP contribution in [0.2, 0.25) is 5.22 Å². The number of hydrogen-bond acceptors (Lipinski definition) is 3. The Morgan fingerprint density at radius 3 is 2.74 bits per heavy atom. The van der Waals surface area contributed by atoms with Gasteiger partial charge in [-0.05, 0) is 23.6 Å². The van der Waals surface area contributed by atoms with Gasteiger partial charge in [0, 0.05) is 17.5 Å². The van der Waals surface area contributed by atoms with Crippen molar-refractivity contribution in [2.45, 2.75) is 26.4 Å². The first-order valence-corrected chi connectivity index (χ1v) is 6.57. The zero-order valence-corrected chi connectivity index (χ0v) is 11.7. The lowest BCUT2D eigenvalue weighted by Crippen LogP contribution is -2.44. The van der Waals surface area contributed by atoms with Crippen LogP contribution in [0.1, 0.15) is 19.4 Å². The third-order valence-corrected chi connectivity index (χ3v) is 3.43. The zero-order chi connectivity index (χ0) is 14.0. The fraction of sp³-hybridized carbons (Fsp3) is 0.357. The van der Waals surface area contributed by atoms with Crippen LogP contribution in [0.15, 0.2) is 28.7 Å². The Kier molecular flexibility index (Phi) is 4.12. The van der Waals surface area contributed by atoms with Gasteiger partial charge in [0.05, 0.1) is 6.04 Å². The molecule has 1 unspecified atom stereocenters. The molecule has 1 atom stereocenters. The highest BCUT2D eigenvalue weighted by Gasteiger charge is 2.20. The summed E-state index contributed by atoms with van der Waals surface area (Å²) >= 11 is 6.09. The third kappa shape index (κ3) is 2.91. The van der Waals surface area contributed by atoms with Crippen molar-refractivity contribution in [2.75, 3.05) is 0 Å². The highest BCUT2D eigenvalue weighted by atomic mass is 35.5. The molecule has 102 valence electrons. The maximum atomic E-state index is 11.4. The van der Waals surface area contributed by atoms with Crippen LogP contribution >= 0.6 is 11.6 Å². The van der Waals surface area contributed by atoms with Gasteiger partial charge in [0.2, 0.25) is 5.91 Å². The van der Waals surface area contributed by atoms with Crippen molar-refractivity contribution >= 4 is 28.5 Å². The molecule has 1 aromatic heterocycles. The van der Waals surface area contributed by atoms with Crippen molar-refractivity contribution in [2.24, 2.45) is 11.7 Å². The molecule has 19 heavy (non-hydrogen) atoms. The van der Waals surface area contributed by atoms with Crippen LogP contribution in [0.25, 0.3) is 11.0 Å². The van der Waals surface area contributed by atoms with Crippen molar-refractivity contribution in [3.05, 3.63) is 35.0 Å². The van der Waals surface area contributed by atoms with E-state index < -0.39 is 0 Å². The standard InChI is InChI=1S/C14H17ClN2O2/c1-8(2)12(14(16)18)17-7-10-9-5-3-4-6-11(9)19-13(10)15/h3-6,8,12,17H,7H2,1-2H3,(H2,16,18). The van der Waals surface area contributed by atoms with Crippen LogP contribution in [0.5, 0.6) is 0 Å². The van der Waals surface area contributed by atoms with E-state index in [2.05, 4.69) is 5.32 Å². The fourth-order valence-corrected chi connectivity index (χ4v) is 2.36. The molecule has 0 saturated carbocycles. The topological polar surface area (TPSA) is 68.3 Å². The predicted molar refractivity (Wildman–Crippen MR) is 75.9 cm³/mol. The second-order valence-corrected chi connectivity index (χ2v) is 5.20. The predicted octanol–water partition coefficient (Wildman–Crippen LogP) is 2.69. The smallest absolute Gasteiger partial charge is 0.234 e. The lowest BCUT2D eigenvalue weighted by molar-refractivity contribution is -0.121. The highest BCUT2D eigenvalue weighted by Crippen LogP contribution is 2.29. The number of nitrogens with one attached hydrogen (secondary N) is 1. The Hall–Kier alpha value is -1.52. The van der Waals surface area contributed by atoms with E-state index in [1.807, 2.05) is 38.1 Å². The molecule has 0 aliphatic rings. The summed E-state index contributed by atoms with van der Waals surface area (Å²) in [6, 6.07) is 7.23. The molecule has 0 spiro atoms. The van der Waals surface area contributed by atoms with E-state index in [1.165, 1.54) is 0 Å². The number of benzene rings is 1. The van der Waals surface area contributed by atoms with E-state index in [1.54, 1.807) is 0 Å². The van der Waals surface area contributed by atoms with Gasteiger partial charge in [-0.25, -0.2) is 0 Å². The quantitative estimate of drug-likeness (QED) is 0.885. The molecule has 0 bridgehead atoms. The number of carbonyl (C=O) groups excluding carboxylic acids is 1. The van der Waals surface area contributed by atoms with Gasteiger partial charge in [-0.2, -0.15) is 0 Å². The van der Waals surface area contributed by atoms with E-state index in [0.717, 1.165) is 16.5 Å². The van der Waals surface area contributed by atoms with Crippen LogP contribution in [-0.4, -0.2) is 11.9 Å². The van der Waals surface area contributed by atoms with Crippen molar-refractivity contribution in [1.29, 1.82) is 0 Å². The van der Waals surface area contributed by atoms with Crippen LogP contribution < -0.4 is 11.1 Å². The molecular weight excluding hydrogens is 264 g/mol. The first-order valence-electron chi connectivity index (χ1n) is 6.19. The summed E-state index contributed by atoms with van der Waals surface area (Å²) in [5.41, 5.74) is 6.96. The SMILES string of the molecule is CC(C)C(NCc1c(Cl)oc2ccccc12)C(N)=O. The van der Waals surface area contributed by atoms with E-state index in [-0.39, 0.29) is 17.9 Å². The molecule has 1 amide bonds. The summed E-state index contributed by atoms with van der Waals surface area (Å²) in [7, 11) is 0. The number of para-hydroxylation sites is 1. The molecule has 3 N–H and O–H groups in total. The van der Waals surface area contributed by atoms with Gasteiger partial charge in [-0.15, -0.1) is 0 Å². The molecular formula is C14H17ClN2O2. The molecule has 2 rings (SSSR count). The number of primary amides is 1. The summed E-state index contributed by atoms with van der Waals surface area (Å²) in [4.78, 5) is 11.4. The van der Waals surface area contributed by atoms with Crippen molar-refractivity contribution in [1.82, 2.24) is 5.32 Å². The first kappa shape index (κ1) is 13.9. The Morgan fingerprint density at radius 1 is 1.42 bits per heavy atom. The maximum Gasteiger partial charge on any atom is 0.234 e. The van der Waals surface area contributed by atoms with Crippen molar-refractivity contribution in [3.63, 3.8) is 0 Å². The Balaban J connectivity index is 2.22. The largest absolute Gasteiger partial charge is 0.444 e.